The molecule has 0 saturated heterocycles. The molecule has 1 heteroatoms. The maximum atomic E-state index is 6.38. The Bertz CT molecular complexity index is 213. The Labute approximate surface area is 101 Å². The van der Waals surface area contributed by atoms with Crippen LogP contribution in [0, 0.1) is 17.3 Å². The summed E-state index contributed by atoms with van der Waals surface area (Å²) in [5.41, 5.74) is 6.93. The van der Waals surface area contributed by atoms with Gasteiger partial charge in [-0.3, -0.25) is 0 Å². The van der Waals surface area contributed by atoms with Crippen molar-refractivity contribution in [1.29, 1.82) is 0 Å². The first-order valence-corrected chi connectivity index (χ1v) is 7.34. The van der Waals surface area contributed by atoms with Gasteiger partial charge in [-0.15, -0.1) is 0 Å². The van der Waals surface area contributed by atoms with Gasteiger partial charge < -0.3 is 5.73 Å². The van der Waals surface area contributed by atoms with Gasteiger partial charge in [-0.25, -0.2) is 0 Å². The maximum absolute atomic E-state index is 6.38. The fourth-order valence-electron chi connectivity index (χ4n) is 3.92. The van der Waals surface area contributed by atoms with E-state index in [4.69, 9.17) is 5.73 Å². The molecule has 0 radical (unpaired) electrons. The van der Waals surface area contributed by atoms with Crippen LogP contribution in [0.1, 0.15) is 71.6 Å². The molecule has 94 valence electrons. The fourth-order valence-corrected chi connectivity index (χ4v) is 3.92. The molecule has 0 bridgehead atoms. The molecule has 16 heavy (non-hydrogen) atoms. The number of hydrogen-bond acceptors (Lipinski definition) is 1. The van der Waals surface area contributed by atoms with Crippen LogP contribution in [0.4, 0.5) is 0 Å². The lowest BCUT2D eigenvalue weighted by molar-refractivity contribution is 0.104. The molecule has 2 atom stereocenters. The molecular weight excluding hydrogens is 194 g/mol. The molecule has 2 N–H and O–H groups in total. The summed E-state index contributed by atoms with van der Waals surface area (Å²) in [6.45, 7) is 4.87. The van der Waals surface area contributed by atoms with Crippen LogP contribution in [0.5, 0.6) is 0 Å². The minimum Gasteiger partial charge on any atom is -0.327 e. The average molecular weight is 223 g/mol. The Morgan fingerprint density at radius 3 is 2.19 bits per heavy atom. The van der Waals surface area contributed by atoms with E-state index in [1.165, 1.54) is 57.8 Å². The van der Waals surface area contributed by atoms with E-state index in [0.29, 0.717) is 11.5 Å². The van der Waals surface area contributed by atoms with Crippen molar-refractivity contribution in [3.8, 4) is 0 Å². The van der Waals surface area contributed by atoms with Gasteiger partial charge >= 0.3 is 0 Å². The molecule has 1 nitrogen and oxygen atoms in total. The normalized spacial score (nSPS) is 36.9. The second kappa shape index (κ2) is 5.08. The molecule has 0 spiro atoms. The summed E-state index contributed by atoms with van der Waals surface area (Å²) in [7, 11) is 0. The van der Waals surface area contributed by atoms with Gasteiger partial charge in [0.15, 0.2) is 0 Å². The van der Waals surface area contributed by atoms with E-state index in [-0.39, 0.29) is 0 Å². The summed E-state index contributed by atoms with van der Waals surface area (Å²) in [5, 5.41) is 0. The van der Waals surface area contributed by atoms with Crippen LogP contribution in [-0.4, -0.2) is 6.04 Å². The van der Waals surface area contributed by atoms with Crippen LogP contribution in [-0.2, 0) is 0 Å². The predicted molar refractivity (Wildman–Crippen MR) is 70.3 cm³/mol. The highest BCUT2D eigenvalue weighted by Crippen LogP contribution is 2.44. The summed E-state index contributed by atoms with van der Waals surface area (Å²) < 4.78 is 0. The molecule has 2 fully saturated rings. The summed E-state index contributed by atoms with van der Waals surface area (Å²) >= 11 is 0. The van der Waals surface area contributed by atoms with E-state index < -0.39 is 0 Å². The Morgan fingerprint density at radius 1 is 0.938 bits per heavy atom. The fraction of sp³-hybridized carbons (Fsp3) is 1.00. The molecule has 2 rings (SSSR count). The predicted octanol–water partition coefficient (Wildman–Crippen LogP) is 4.11. The molecule has 2 aliphatic carbocycles. The van der Waals surface area contributed by atoms with Crippen molar-refractivity contribution in [3.05, 3.63) is 0 Å². The lowest BCUT2D eigenvalue weighted by Crippen LogP contribution is -2.42. The van der Waals surface area contributed by atoms with Crippen molar-refractivity contribution in [2.75, 3.05) is 0 Å². The molecule has 0 amide bonds. The third kappa shape index (κ3) is 3.00. The van der Waals surface area contributed by atoms with Crippen LogP contribution < -0.4 is 5.73 Å². The third-order valence-corrected chi connectivity index (χ3v) is 5.00. The molecule has 2 saturated carbocycles. The van der Waals surface area contributed by atoms with Crippen molar-refractivity contribution in [2.24, 2.45) is 23.0 Å². The van der Waals surface area contributed by atoms with Crippen LogP contribution in [0.15, 0.2) is 0 Å². The maximum Gasteiger partial charge on any atom is 0.00702 e. The third-order valence-electron chi connectivity index (χ3n) is 5.00. The number of nitrogens with two attached hydrogens (primary N) is 1. The van der Waals surface area contributed by atoms with Crippen LogP contribution in [0.3, 0.4) is 0 Å². The van der Waals surface area contributed by atoms with Gasteiger partial charge in [-0.2, -0.15) is 0 Å². The second-order valence-corrected chi connectivity index (χ2v) is 6.99. The van der Waals surface area contributed by atoms with Crippen LogP contribution in [0.25, 0.3) is 0 Å². The topological polar surface area (TPSA) is 26.0 Å². The SMILES string of the molecule is CC1(C)CCC(N)C(C2CCCCCC2)C1. The summed E-state index contributed by atoms with van der Waals surface area (Å²) in [6.07, 6.45) is 12.7. The molecular formula is C15H29N. The lowest BCUT2D eigenvalue weighted by Gasteiger charge is -2.43. The van der Waals surface area contributed by atoms with Gasteiger partial charge in [-0.1, -0.05) is 52.4 Å². The quantitative estimate of drug-likeness (QED) is 0.665. The summed E-state index contributed by atoms with van der Waals surface area (Å²) in [5.74, 6) is 1.76. The highest BCUT2D eigenvalue weighted by Gasteiger charge is 2.37. The van der Waals surface area contributed by atoms with Gasteiger partial charge in [0.05, 0.1) is 0 Å². The smallest absolute Gasteiger partial charge is 0.00702 e. The lowest BCUT2D eigenvalue weighted by atomic mass is 9.65. The van der Waals surface area contributed by atoms with Crippen molar-refractivity contribution in [1.82, 2.24) is 0 Å². The average Bonchev–Trinajstić information content (AvgIpc) is 2.50. The first-order chi connectivity index (χ1) is 7.58. The molecule has 2 unspecified atom stereocenters. The first kappa shape index (κ1) is 12.4. The van der Waals surface area contributed by atoms with Crippen LogP contribution >= 0.6 is 0 Å². The Kier molecular flexibility index (Phi) is 3.94. The molecule has 0 heterocycles. The summed E-state index contributed by atoms with van der Waals surface area (Å²) in [4.78, 5) is 0. The first-order valence-electron chi connectivity index (χ1n) is 7.34. The van der Waals surface area contributed by atoms with E-state index in [1.54, 1.807) is 0 Å². The highest BCUT2D eigenvalue weighted by molar-refractivity contribution is 4.90. The van der Waals surface area contributed by atoms with Gasteiger partial charge in [0.25, 0.3) is 0 Å². The molecule has 2 aliphatic rings. The highest BCUT2D eigenvalue weighted by atomic mass is 14.7. The van der Waals surface area contributed by atoms with Crippen molar-refractivity contribution in [2.45, 2.75) is 77.7 Å². The molecule has 0 aromatic heterocycles. The zero-order valence-electron chi connectivity index (χ0n) is 11.2. The van der Waals surface area contributed by atoms with Crippen molar-refractivity contribution >= 4 is 0 Å². The zero-order valence-corrected chi connectivity index (χ0v) is 11.2. The van der Waals surface area contributed by atoms with Crippen molar-refractivity contribution in [3.63, 3.8) is 0 Å². The molecule has 0 aliphatic heterocycles. The van der Waals surface area contributed by atoms with Gasteiger partial charge in [0, 0.05) is 6.04 Å². The van der Waals surface area contributed by atoms with E-state index in [1.807, 2.05) is 0 Å². The van der Waals surface area contributed by atoms with Crippen LogP contribution in [0.2, 0.25) is 0 Å². The van der Waals surface area contributed by atoms with E-state index in [9.17, 15) is 0 Å². The second-order valence-electron chi connectivity index (χ2n) is 6.99. The summed E-state index contributed by atoms with van der Waals surface area (Å²) in [6, 6.07) is 0.496. The van der Waals surface area contributed by atoms with Gasteiger partial charge in [0.1, 0.15) is 0 Å². The Hall–Kier alpha value is -0.0400. The standard InChI is InChI=1S/C15H29N/c1-15(2)10-9-14(16)13(11-15)12-7-5-3-4-6-8-12/h12-14H,3-11,16H2,1-2H3. The van der Waals surface area contributed by atoms with Crippen molar-refractivity contribution < 1.29 is 0 Å². The van der Waals surface area contributed by atoms with E-state index in [0.717, 1.165) is 11.8 Å². The minimum absolute atomic E-state index is 0.496. The van der Waals surface area contributed by atoms with E-state index >= 15 is 0 Å². The Morgan fingerprint density at radius 2 is 1.56 bits per heavy atom. The van der Waals surface area contributed by atoms with E-state index in [2.05, 4.69) is 13.8 Å². The minimum atomic E-state index is 0.496. The van der Waals surface area contributed by atoms with Gasteiger partial charge in [-0.05, 0) is 36.5 Å². The molecule has 0 aromatic carbocycles. The Balaban J connectivity index is 1.99. The van der Waals surface area contributed by atoms with Gasteiger partial charge in [0.2, 0.25) is 0 Å². The molecule has 0 aromatic rings. The number of hydrogen-bond donors (Lipinski definition) is 1. The zero-order chi connectivity index (χ0) is 11.6. The monoisotopic (exact) mass is 223 g/mol. The number of rotatable bonds is 1. The largest absolute Gasteiger partial charge is 0.327 e.